The summed E-state index contributed by atoms with van der Waals surface area (Å²) < 4.78 is 14.0. The van der Waals surface area contributed by atoms with Crippen molar-refractivity contribution in [3.63, 3.8) is 0 Å². The molecule has 0 N–H and O–H groups in total. The second kappa shape index (κ2) is 6.31. The minimum atomic E-state index is -0.328. The summed E-state index contributed by atoms with van der Waals surface area (Å²) in [7, 11) is 0. The van der Waals surface area contributed by atoms with Crippen LogP contribution < -0.4 is 0 Å². The molecule has 0 amide bonds. The average molecular weight is 311 g/mol. The van der Waals surface area contributed by atoms with Gasteiger partial charge in [-0.2, -0.15) is 5.26 Å². The average Bonchev–Trinajstić information content (AvgIpc) is 2.64. The molecule has 1 atom stereocenters. The molecule has 96 valence electrons. The van der Waals surface area contributed by atoms with Gasteiger partial charge in [0.2, 0.25) is 0 Å². The summed E-state index contributed by atoms with van der Waals surface area (Å²) >= 11 is 3.14. The lowest BCUT2D eigenvalue weighted by molar-refractivity contribution is 0.245. The molecule has 1 unspecified atom stereocenters. The van der Waals surface area contributed by atoms with Gasteiger partial charge in [-0.1, -0.05) is 18.9 Å². The van der Waals surface area contributed by atoms with E-state index in [9.17, 15) is 9.65 Å². The summed E-state index contributed by atoms with van der Waals surface area (Å²) in [5, 5.41) is 9.36. The Morgan fingerprint density at radius 1 is 1.22 bits per heavy atom. The maximum atomic E-state index is 13.5. The molecule has 2 nitrogen and oxygen atoms in total. The highest BCUT2D eigenvalue weighted by Crippen LogP contribution is 2.26. The van der Waals surface area contributed by atoms with E-state index in [1.807, 2.05) is 6.07 Å². The number of benzene rings is 1. The second-order valence-electron chi connectivity index (χ2n) is 4.66. The Morgan fingerprint density at radius 3 is 2.44 bits per heavy atom. The van der Waals surface area contributed by atoms with Crippen LogP contribution in [-0.4, -0.2) is 18.0 Å². The van der Waals surface area contributed by atoms with Crippen LogP contribution in [0.4, 0.5) is 4.39 Å². The van der Waals surface area contributed by atoms with Crippen LogP contribution in [0.1, 0.15) is 37.3 Å². The zero-order chi connectivity index (χ0) is 13.0. The lowest BCUT2D eigenvalue weighted by Gasteiger charge is -2.25. The van der Waals surface area contributed by atoms with E-state index in [-0.39, 0.29) is 11.9 Å². The topological polar surface area (TPSA) is 27.0 Å². The van der Waals surface area contributed by atoms with Crippen LogP contribution in [0.3, 0.4) is 0 Å². The van der Waals surface area contributed by atoms with E-state index in [2.05, 4.69) is 26.9 Å². The van der Waals surface area contributed by atoms with E-state index >= 15 is 0 Å². The van der Waals surface area contributed by atoms with Gasteiger partial charge >= 0.3 is 0 Å². The fourth-order valence-electron chi connectivity index (χ4n) is 2.40. The first kappa shape index (κ1) is 13.5. The summed E-state index contributed by atoms with van der Waals surface area (Å²) in [6.45, 7) is 1.85. The first-order valence-corrected chi connectivity index (χ1v) is 7.10. The molecule has 1 aliphatic rings. The Morgan fingerprint density at radius 2 is 1.89 bits per heavy atom. The highest BCUT2D eigenvalue weighted by atomic mass is 79.9. The van der Waals surface area contributed by atoms with E-state index in [0.717, 1.165) is 31.5 Å². The van der Waals surface area contributed by atoms with Crippen molar-refractivity contribution in [3.8, 4) is 6.07 Å². The quantitative estimate of drug-likeness (QED) is 0.824. The van der Waals surface area contributed by atoms with Crippen molar-refractivity contribution in [1.29, 1.82) is 5.26 Å². The Bertz CT molecular complexity index is 448. The Hall–Kier alpha value is -0.920. The van der Waals surface area contributed by atoms with Gasteiger partial charge in [-0.05, 0) is 59.6 Å². The van der Waals surface area contributed by atoms with E-state index < -0.39 is 0 Å². The lowest BCUT2D eigenvalue weighted by Crippen LogP contribution is -2.29. The van der Waals surface area contributed by atoms with Gasteiger partial charge in [0, 0.05) is 0 Å². The highest BCUT2D eigenvalue weighted by Gasteiger charge is 2.21. The Labute approximate surface area is 116 Å². The smallest absolute Gasteiger partial charge is 0.137 e. The molecular formula is C14H16BrFN2. The molecule has 0 aliphatic carbocycles. The number of hydrogen-bond acceptors (Lipinski definition) is 2. The molecule has 1 fully saturated rings. The van der Waals surface area contributed by atoms with Crippen molar-refractivity contribution in [2.45, 2.75) is 31.7 Å². The van der Waals surface area contributed by atoms with E-state index in [0.29, 0.717) is 4.47 Å². The van der Waals surface area contributed by atoms with Crippen LogP contribution in [0.5, 0.6) is 0 Å². The summed E-state index contributed by atoms with van der Waals surface area (Å²) in [5.41, 5.74) is 0.750. The maximum Gasteiger partial charge on any atom is 0.137 e. The Kier molecular flexibility index (Phi) is 4.73. The van der Waals surface area contributed by atoms with Gasteiger partial charge in [-0.25, -0.2) is 4.39 Å². The van der Waals surface area contributed by atoms with Gasteiger partial charge in [-0.3, -0.25) is 4.90 Å². The number of likely N-dealkylation sites (tertiary alicyclic amines) is 1. The van der Waals surface area contributed by atoms with Crippen LogP contribution in [0.15, 0.2) is 22.7 Å². The molecule has 2 rings (SSSR count). The van der Waals surface area contributed by atoms with Crippen LogP contribution in [0.25, 0.3) is 0 Å². The zero-order valence-corrected chi connectivity index (χ0v) is 11.8. The molecule has 1 saturated heterocycles. The molecule has 0 aromatic heterocycles. The van der Waals surface area contributed by atoms with Gasteiger partial charge < -0.3 is 0 Å². The van der Waals surface area contributed by atoms with Crippen molar-refractivity contribution >= 4 is 15.9 Å². The number of halogens is 2. The molecule has 0 bridgehead atoms. The SMILES string of the molecule is N#CC(c1ccc(Br)c(F)c1)N1CCCCCC1. The minimum absolute atomic E-state index is 0.303. The van der Waals surface area contributed by atoms with Crippen molar-refractivity contribution in [2.75, 3.05) is 13.1 Å². The normalized spacial score (nSPS) is 18.9. The van der Waals surface area contributed by atoms with E-state index in [4.69, 9.17) is 0 Å². The van der Waals surface area contributed by atoms with Crippen LogP contribution in [0, 0.1) is 17.1 Å². The van der Waals surface area contributed by atoms with Crippen LogP contribution in [-0.2, 0) is 0 Å². The molecule has 18 heavy (non-hydrogen) atoms. The molecule has 0 saturated carbocycles. The maximum absolute atomic E-state index is 13.5. The molecule has 1 aromatic rings. The molecule has 0 radical (unpaired) electrons. The number of nitrogens with zero attached hydrogens (tertiary/aromatic N) is 2. The second-order valence-corrected chi connectivity index (χ2v) is 5.51. The van der Waals surface area contributed by atoms with Gasteiger partial charge in [0.05, 0.1) is 10.5 Å². The molecule has 1 heterocycles. The molecular weight excluding hydrogens is 295 g/mol. The predicted octanol–water partition coefficient (Wildman–Crippen LogP) is 4.03. The number of nitriles is 1. The summed E-state index contributed by atoms with van der Waals surface area (Å²) in [6, 6.07) is 6.94. The molecule has 0 spiro atoms. The zero-order valence-electron chi connectivity index (χ0n) is 10.2. The Balaban J connectivity index is 2.21. The predicted molar refractivity (Wildman–Crippen MR) is 72.5 cm³/mol. The first-order valence-electron chi connectivity index (χ1n) is 6.31. The fourth-order valence-corrected chi connectivity index (χ4v) is 2.65. The lowest BCUT2D eigenvalue weighted by atomic mass is 10.1. The third kappa shape index (κ3) is 3.09. The van der Waals surface area contributed by atoms with Gasteiger partial charge in [0.1, 0.15) is 11.9 Å². The van der Waals surface area contributed by atoms with Gasteiger partial charge in [0.15, 0.2) is 0 Å². The summed E-state index contributed by atoms with van der Waals surface area (Å²) in [4.78, 5) is 2.16. The molecule has 1 aliphatic heterocycles. The molecule has 4 heteroatoms. The van der Waals surface area contributed by atoms with Crippen molar-refractivity contribution in [3.05, 3.63) is 34.1 Å². The van der Waals surface area contributed by atoms with E-state index in [1.165, 1.54) is 18.9 Å². The van der Waals surface area contributed by atoms with Crippen molar-refractivity contribution < 1.29 is 4.39 Å². The highest BCUT2D eigenvalue weighted by molar-refractivity contribution is 9.10. The van der Waals surface area contributed by atoms with E-state index in [1.54, 1.807) is 6.07 Å². The fraction of sp³-hybridized carbons (Fsp3) is 0.500. The first-order chi connectivity index (χ1) is 8.72. The number of hydrogen-bond donors (Lipinski definition) is 0. The third-order valence-electron chi connectivity index (χ3n) is 3.39. The van der Waals surface area contributed by atoms with Gasteiger partial charge in [-0.15, -0.1) is 0 Å². The summed E-state index contributed by atoms with van der Waals surface area (Å²) in [6.07, 6.45) is 4.70. The van der Waals surface area contributed by atoms with Gasteiger partial charge in [0.25, 0.3) is 0 Å². The van der Waals surface area contributed by atoms with Crippen molar-refractivity contribution in [2.24, 2.45) is 0 Å². The van der Waals surface area contributed by atoms with Crippen molar-refractivity contribution in [1.82, 2.24) is 4.90 Å². The minimum Gasteiger partial charge on any atom is -0.284 e. The monoisotopic (exact) mass is 310 g/mol. The largest absolute Gasteiger partial charge is 0.284 e. The van der Waals surface area contributed by atoms with Crippen LogP contribution in [0.2, 0.25) is 0 Å². The summed E-state index contributed by atoms with van der Waals surface area (Å²) in [5.74, 6) is -0.303. The molecule has 1 aromatic carbocycles. The third-order valence-corrected chi connectivity index (χ3v) is 4.03. The standard InChI is InChI=1S/C14H16BrFN2/c15-12-6-5-11(9-13(12)16)14(10-17)18-7-3-1-2-4-8-18/h5-6,9,14H,1-4,7-8H2. The van der Waals surface area contributed by atoms with Crippen LogP contribution >= 0.6 is 15.9 Å². The number of rotatable bonds is 2.